The molecule has 0 bridgehead atoms. The van der Waals surface area contributed by atoms with Crippen LogP contribution in [-0.4, -0.2) is 31.9 Å². The van der Waals surface area contributed by atoms with Crippen molar-refractivity contribution in [3.05, 3.63) is 30.3 Å². The molecule has 0 aliphatic heterocycles. The van der Waals surface area contributed by atoms with Gasteiger partial charge in [0.25, 0.3) is 0 Å². The van der Waals surface area contributed by atoms with E-state index in [-0.39, 0.29) is 17.4 Å². The number of hydrogen-bond acceptors (Lipinski definition) is 4. The van der Waals surface area contributed by atoms with Crippen LogP contribution in [0.2, 0.25) is 0 Å². The molecule has 0 radical (unpaired) electrons. The Morgan fingerprint density at radius 1 is 1.09 bits per heavy atom. The Balaban J connectivity index is 1.49. The van der Waals surface area contributed by atoms with Gasteiger partial charge < -0.3 is 4.74 Å². The summed E-state index contributed by atoms with van der Waals surface area (Å²) in [6, 6.07) is 8.97. The fourth-order valence-corrected chi connectivity index (χ4v) is 4.51. The number of para-hydroxylation sites is 1. The van der Waals surface area contributed by atoms with Crippen LogP contribution in [0.4, 0.5) is 10.5 Å². The van der Waals surface area contributed by atoms with Crippen LogP contribution >= 0.6 is 0 Å². The number of amides is 1. The van der Waals surface area contributed by atoms with E-state index in [4.69, 9.17) is 4.74 Å². The molecule has 0 saturated heterocycles. The van der Waals surface area contributed by atoms with E-state index in [0.29, 0.717) is 12.1 Å². The van der Waals surface area contributed by atoms with Gasteiger partial charge in [-0.2, -0.15) is 0 Å². The Morgan fingerprint density at radius 3 is 2.52 bits per heavy atom. The highest BCUT2D eigenvalue weighted by molar-refractivity contribution is 7.90. The summed E-state index contributed by atoms with van der Waals surface area (Å²) in [5, 5.41) is 2.46. The van der Waals surface area contributed by atoms with Gasteiger partial charge in [0.1, 0.15) is 6.10 Å². The zero-order valence-electron chi connectivity index (χ0n) is 12.9. The smallest absolute Gasteiger partial charge is 0.411 e. The average Bonchev–Trinajstić information content (AvgIpc) is 3.33. The summed E-state index contributed by atoms with van der Waals surface area (Å²) in [4.78, 5) is 11.9. The Labute approximate surface area is 136 Å². The highest BCUT2D eigenvalue weighted by Gasteiger charge is 2.38. The van der Waals surface area contributed by atoms with Crippen molar-refractivity contribution in [2.24, 2.45) is 0 Å². The van der Waals surface area contributed by atoms with E-state index in [1.54, 1.807) is 12.1 Å². The Kier molecular flexibility index (Phi) is 4.87. The van der Waals surface area contributed by atoms with Crippen molar-refractivity contribution >= 4 is 21.8 Å². The standard InChI is InChI=1S/C16H22N2O4S/c19-16(17-12-5-2-1-3-6-12)22-14-8-4-7-13(11-14)18-23(20,21)15-9-10-15/h1-3,5-6,13-15,18H,4,7-11H2,(H,17,19)/t13-,14+/m1/s1. The van der Waals surface area contributed by atoms with Crippen molar-refractivity contribution < 1.29 is 17.9 Å². The maximum Gasteiger partial charge on any atom is 0.411 e. The minimum Gasteiger partial charge on any atom is -0.446 e. The van der Waals surface area contributed by atoms with Gasteiger partial charge in [0.15, 0.2) is 0 Å². The van der Waals surface area contributed by atoms with Gasteiger partial charge in [-0.15, -0.1) is 0 Å². The average molecular weight is 338 g/mol. The number of anilines is 1. The number of carbonyl (C=O) groups excluding carboxylic acids is 1. The SMILES string of the molecule is O=C(Nc1ccccc1)O[C@H]1CCC[C@@H](NS(=O)(=O)C2CC2)C1. The van der Waals surface area contributed by atoms with Gasteiger partial charge in [-0.05, 0) is 44.2 Å². The molecule has 2 N–H and O–H groups in total. The molecule has 0 heterocycles. The number of ether oxygens (including phenoxy) is 1. The predicted octanol–water partition coefficient (Wildman–Crippen LogP) is 2.63. The summed E-state index contributed by atoms with van der Waals surface area (Å²) < 4.78 is 32.2. The molecule has 0 spiro atoms. The van der Waals surface area contributed by atoms with Crippen molar-refractivity contribution in [1.82, 2.24) is 4.72 Å². The van der Waals surface area contributed by atoms with Crippen molar-refractivity contribution in [2.75, 3.05) is 5.32 Å². The first-order valence-corrected chi connectivity index (χ1v) is 9.61. The van der Waals surface area contributed by atoms with Gasteiger partial charge in [-0.1, -0.05) is 18.2 Å². The Hall–Kier alpha value is -1.60. The maximum atomic E-state index is 12.0. The van der Waals surface area contributed by atoms with E-state index in [1.165, 1.54) is 0 Å². The normalized spacial score (nSPS) is 24.9. The first kappa shape index (κ1) is 16.3. The van der Waals surface area contributed by atoms with Crippen LogP contribution in [-0.2, 0) is 14.8 Å². The molecular formula is C16H22N2O4S. The van der Waals surface area contributed by atoms with Crippen LogP contribution in [0.1, 0.15) is 38.5 Å². The number of benzene rings is 1. The van der Waals surface area contributed by atoms with E-state index in [2.05, 4.69) is 10.0 Å². The molecule has 1 amide bonds. The van der Waals surface area contributed by atoms with Gasteiger partial charge >= 0.3 is 6.09 Å². The number of hydrogen-bond donors (Lipinski definition) is 2. The van der Waals surface area contributed by atoms with Crippen molar-refractivity contribution in [2.45, 2.75) is 55.9 Å². The van der Waals surface area contributed by atoms with E-state index in [1.807, 2.05) is 18.2 Å². The summed E-state index contributed by atoms with van der Waals surface area (Å²) in [5.41, 5.74) is 0.680. The van der Waals surface area contributed by atoms with Crippen LogP contribution in [0.25, 0.3) is 0 Å². The molecule has 0 unspecified atom stereocenters. The molecule has 2 fully saturated rings. The molecule has 6 nitrogen and oxygen atoms in total. The second kappa shape index (κ2) is 6.88. The summed E-state index contributed by atoms with van der Waals surface area (Å²) in [7, 11) is -3.19. The molecule has 1 aromatic rings. The summed E-state index contributed by atoms with van der Waals surface area (Å²) in [6.07, 6.45) is 3.71. The molecule has 1 aromatic carbocycles. The van der Waals surface area contributed by atoms with Crippen LogP contribution in [0.3, 0.4) is 0 Å². The molecule has 0 aromatic heterocycles. The van der Waals surface area contributed by atoms with Crippen LogP contribution in [0.5, 0.6) is 0 Å². The third kappa shape index (κ3) is 4.68. The first-order valence-electron chi connectivity index (χ1n) is 8.07. The molecule has 3 rings (SSSR count). The van der Waals surface area contributed by atoms with E-state index >= 15 is 0 Å². The summed E-state index contributed by atoms with van der Waals surface area (Å²) in [5.74, 6) is 0. The van der Waals surface area contributed by atoms with Crippen LogP contribution in [0.15, 0.2) is 30.3 Å². The monoisotopic (exact) mass is 338 g/mol. The molecular weight excluding hydrogens is 316 g/mol. The number of carbonyl (C=O) groups is 1. The number of sulfonamides is 1. The zero-order chi connectivity index (χ0) is 16.3. The Bertz CT molecular complexity index is 643. The van der Waals surface area contributed by atoms with Gasteiger partial charge in [-0.25, -0.2) is 17.9 Å². The van der Waals surface area contributed by atoms with Crippen molar-refractivity contribution in [1.29, 1.82) is 0 Å². The summed E-state index contributed by atoms with van der Waals surface area (Å²) in [6.45, 7) is 0. The van der Waals surface area contributed by atoms with Crippen LogP contribution < -0.4 is 10.0 Å². The quantitative estimate of drug-likeness (QED) is 0.864. The third-order valence-corrected chi connectivity index (χ3v) is 6.23. The molecule has 2 aliphatic rings. The fraction of sp³-hybridized carbons (Fsp3) is 0.562. The minimum absolute atomic E-state index is 0.135. The van der Waals surface area contributed by atoms with Gasteiger partial charge in [0.05, 0.1) is 5.25 Å². The second-order valence-corrected chi connectivity index (χ2v) is 8.24. The topological polar surface area (TPSA) is 84.5 Å². The largest absolute Gasteiger partial charge is 0.446 e. The molecule has 2 saturated carbocycles. The highest BCUT2D eigenvalue weighted by Crippen LogP contribution is 2.29. The number of rotatable bonds is 5. The molecule has 2 aliphatic carbocycles. The predicted molar refractivity (Wildman–Crippen MR) is 87.7 cm³/mol. The lowest BCUT2D eigenvalue weighted by atomic mass is 9.94. The highest BCUT2D eigenvalue weighted by atomic mass is 32.2. The molecule has 126 valence electrons. The lowest BCUT2D eigenvalue weighted by Crippen LogP contribution is -2.42. The molecule has 7 heteroatoms. The van der Waals surface area contributed by atoms with Crippen molar-refractivity contribution in [3.63, 3.8) is 0 Å². The summed E-state index contributed by atoms with van der Waals surface area (Å²) >= 11 is 0. The van der Waals surface area contributed by atoms with E-state index < -0.39 is 16.1 Å². The molecule has 23 heavy (non-hydrogen) atoms. The lowest BCUT2D eigenvalue weighted by Gasteiger charge is -2.29. The third-order valence-electron chi connectivity index (χ3n) is 4.21. The second-order valence-electron chi connectivity index (χ2n) is 6.24. The number of nitrogens with one attached hydrogen (secondary N) is 2. The minimum atomic E-state index is -3.19. The Morgan fingerprint density at radius 2 is 1.83 bits per heavy atom. The van der Waals surface area contributed by atoms with Gasteiger partial charge in [-0.3, -0.25) is 5.32 Å². The van der Waals surface area contributed by atoms with E-state index in [0.717, 1.165) is 32.1 Å². The first-order chi connectivity index (χ1) is 11.0. The van der Waals surface area contributed by atoms with Gasteiger partial charge in [0.2, 0.25) is 10.0 Å². The molecule has 2 atom stereocenters. The zero-order valence-corrected chi connectivity index (χ0v) is 13.7. The van der Waals surface area contributed by atoms with Gasteiger partial charge in [0, 0.05) is 18.2 Å². The van der Waals surface area contributed by atoms with Crippen molar-refractivity contribution in [3.8, 4) is 0 Å². The van der Waals surface area contributed by atoms with E-state index in [9.17, 15) is 13.2 Å². The van der Waals surface area contributed by atoms with Crippen LogP contribution in [0, 0.1) is 0 Å². The maximum absolute atomic E-state index is 12.0. The fourth-order valence-electron chi connectivity index (χ4n) is 2.89. The lowest BCUT2D eigenvalue weighted by molar-refractivity contribution is 0.0793.